The minimum absolute atomic E-state index is 0.805. The van der Waals surface area contributed by atoms with Gasteiger partial charge in [-0.05, 0) is 17.7 Å². The molecule has 0 aliphatic heterocycles. The molecule has 3 heteroatoms. The van der Waals surface area contributed by atoms with Gasteiger partial charge in [0, 0.05) is 26.0 Å². The van der Waals surface area contributed by atoms with E-state index >= 15 is 0 Å². The van der Waals surface area contributed by atoms with Crippen LogP contribution in [0, 0.1) is 0 Å². The fraction of sp³-hybridized carbons (Fsp3) is 0.250. The number of nitrogens with one attached hydrogen (secondary N) is 1. The molecule has 0 aromatic carbocycles. The van der Waals surface area contributed by atoms with Gasteiger partial charge in [0.15, 0.2) is 0 Å². The molecule has 0 aliphatic carbocycles. The molecule has 1 aromatic rings. The van der Waals surface area contributed by atoms with Crippen LogP contribution in [-0.4, -0.2) is 18.4 Å². The minimum Gasteiger partial charge on any atom is -0.372 e. The molecule has 0 atom stereocenters. The van der Waals surface area contributed by atoms with Gasteiger partial charge in [0.25, 0.3) is 0 Å². The Morgan fingerprint density at radius 2 is 2.27 bits per heavy atom. The van der Waals surface area contributed by atoms with Gasteiger partial charge in [-0.25, -0.2) is 0 Å². The van der Waals surface area contributed by atoms with Crippen molar-refractivity contribution in [1.29, 1.82) is 0 Å². The third kappa shape index (κ3) is 2.80. The van der Waals surface area contributed by atoms with E-state index in [0.717, 1.165) is 6.54 Å². The molecule has 0 amide bonds. The molecule has 0 saturated heterocycles. The third-order valence-electron chi connectivity index (χ3n) is 1.28. The molecule has 1 N–H and O–H groups in total. The maximum Gasteiger partial charge on any atom is 0.0823 e. The average molecular weight is 149 g/mol. The summed E-state index contributed by atoms with van der Waals surface area (Å²) in [5.41, 5.74) is 1.21. The van der Waals surface area contributed by atoms with Crippen molar-refractivity contribution < 1.29 is 0 Å². The summed E-state index contributed by atoms with van der Waals surface area (Å²) in [4.78, 5) is 7.71. The zero-order valence-electron chi connectivity index (χ0n) is 6.49. The van der Waals surface area contributed by atoms with E-state index in [1.807, 2.05) is 12.1 Å². The van der Waals surface area contributed by atoms with Crippen LogP contribution in [0.5, 0.6) is 0 Å². The van der Waals surface area contributed by atoms with E-state index in [0.29, 0.717) is 0 Å². The summed E-state index contributed by atoms with van der Waals surface area (Å²) in [6.45, 7) is 0.805. The summed E-state index contributed by atoms with van der Waals surface area (Å²) in [6, 6.07) is 3.94. The molecular weight excluding hydrogens is 138 g/mol. The molecular formula is C8H11N3. The highest BCUT2D eigenvalue weighted by molar-refractivity contribution is 5.53. The lowest BCUT2D eigenvalue weighted by Crippen LogP contribution is -2.09. The number of hydrogen-bond donors (Lipinski definition) is 1. The van der Waals surface area contributed by atoms with Crippen molar-refractivity contribution in [1.82, 2.24) is 10.3 Å². The Labute approximate surface area is 66.2 Å². The first-order valence-electron chi connectivity index (χ1n) is 3.46. The largest absolute Gasteiger partial charge is 0.372 e. The van der Waals surface area contributed by atoms with Crippen LogP contribution in [0.25, 0.3) is 0 Å². The second-order valence-corrected chi connectivity index (χ2v) is 2.12. The molecule has 0 fully saturated rings. The van der Waals surface area contributed by atoms with Crippen molar-refractivity contribution >= 4 is 6.34 Å². The fourth-order valence-electron chi connectivity index (χ4n) is 0.755. The van der Waals surface area contributed by atoms with Crippen LogP contribution < -0.4 is 5.32 Å². The fourth-order valence-corrected chi connectivity index (χ4v) is 0.755. The smallest absolute Gasteiger partial charge is 0.0823 e. The first-order valence-corrected chi connectivity index (χ1v) is 3.46. The number of hydrogen-bond acceptors (Lipinski definition) is 2. The molecule has 0 saturated carbocycles. The monoisotopic (exact) mass is 149 g/mol. The van der Waals surface area contributed by atoms with Gasteiger partial charge in [-0.2, -0.15) is 0 Å². The van der Waals surface area contributed by atoms with Gasteiger partial charge < -0.3 is 5.32 Å². The third-order valence-corrected chi connectivity index (χ3v) is 1.28. The van der Waals surface area contributed by atoms with Gasteiger partial charge in [-0.3, -0.25) is 9.98 Å². The van der Waals surface area contributed by atoms with Crippen LogP contribution >= 0.6 is 0 Å². The Balaban J connectivity index is 2.39. The van der Waals surface area contributed by atoms with Crippen molar-refractivity contribution in [2.75, 3.05) is 7.05 Å². The van der Waals surface area contributed by atoms with Gasteiger partial charge in [0.1, 0.15) is 0 Å². The SMILES string of the molecule is CN=CNCc1ccncc1. The molecule has 1 aromatic heterocycles. The highest BCUT2D eigenvalue weighted by Gasteiger charge is 1.85. The van der Waals surface area contributed by atoms with E-state index in [2.05, 4.69) is 15.3 Å². The predicted octanol–water partition coefficient (Wildman–Crippen LogP) is 0.829. The topological polar surface area (TPSA) is 37.3 Å². The Hall–Kier alpha value is -1.38. The molecule has 11 heavy (non-hydrogen) atoms. The maximum absolute atomic E-state index is 3.91. The normalized spacial score (nSPS) is 10.3. The van der Waals surface area contributed by atoms with Gasteiger partial charge >= 0.3 is 0 Å². The van der Waals surface area contributed by atoms with Crippen molar-refractivity contribution in [3.05, 3.63) is 30.1 Å². The number of aliphatic imine (C=N–C) groups is 1. The number of aromatic nitrogens is 1. The molecule has 1 rings (SSSR count). The Morgan fingerprint density at radius 3 is 2.91 bits per heavy atom. The standard InChI is InChI=1S/C8H11N3/c1-9-7-11-6-8-2-4-10-5-3-8/h2-5,7H,6H2,1H3,(H,9,11). The molecule has 0 unspecified atom stereocenters. The summed E-state index contributed by atoms with van der Waals surface area (Å²) in [7, 11) is 1.74. The predicted molar refractivity (Wildman–Crippen MR) is 45.5 cm³/mol. The number of pyridine rings is 1. The van der Waals surface area contributed by atoms with Crippen LogP contribution in [0.4, 0.5) is 0 Å². The first-order chi connectivity index (χ1) is 5.43. The summed E-state index contributed by atoms with van der Waals surface area (Å²) in [5, 5.41) is 3.03. The van der Waals surface area contributed by atoms with Crippen LogP contribution in [0.1, 0.15) is 5.56 Å². The van der Waals surface area contributed by atoms with E-state index in [9.17, 15) is 0 Å². The number of nitrogens with zero attached hydrogens (tertiary/aromatic N) is 2. The number of rotatable bonds is 3. The summed E-state index contributed by atoms with van der Waals surface area (Å²) < 4.78 is 0. The van der Waals surface area contributed by atoms with E-state index < -0.39 is 0 Å². The highest BCUT2D eigenvalue weighted by Crippen LogP contribution is 1.93. The van der Waals surface area contributed by atoms with Crippen molar-refractivity contribution in [2.24, 2.45) is 4.99 Å². The Morgan fingerprint density at radius 1 is 1.55 bits per heavy atom. The zero-order chi connectivity index (χ0) is 7.94. The zero-order valence-corrected chi connectivity index (χ0v) is 6.49. The second-order valence-electron chi connectivity index (χ2n) is 2.12. The molecule has 0 radical (unpaired) electrons. The van der Waals surface area contributed by atoms with Crippen molar-refractivity contribution in [3.63, 3.8) is 0 Å². The molecule has 58 valence electrons. The van der Waals surface area contributed by atoms with Crippen LogP contribution in [0.3, 0.4) is 0 Å². The van der Waals surface area contributed by atoms with E-state index in [1.165, 1.54) is 5.56 Å². The molecule has 3 nitrogen and oxygen atoms in total. The average Bonchev–Trinajstić information content (AvgIpc) is 2.07. The van der Waals surface area contributed by atoms with Gasteiger partial charge in [0.05, 0.1) is 6.34 Å². The Bertz CT molecular complexity index is 218. The first kappa shape index (κ1) is 7.72. The summed E-state index contributed by atoms with van der Waals surface area (Å²) >= 11 is 0. The molecule has 1 heterocycles. The lowest BCUT2D eigenvalue weighted by molar-refractivity contribution is 0.926. The minimum atomic E-state index is 0.805. The Kier molecular flexibility index (Phi) is 3.12. The second kappa shape index (κ2) is 4.44. The van der Waals surface area contributed by atoms with Gasteiger partial charge in [-0.15, -0.1) is 0 Å². The molecule has 0 aliphatic rings. The van der Waals surface area contributed by atoms with Crippen LogP contribution in [0.15, 0.2) is 29.5 Å². The maximum atomic E-state index is 3.91. The van der Waals surface area contributed by atoms with Crippen molar-refractivity contribution in [2.45, 2.75) is 6.54 Å². The van der Waals surface area contributed by atoms with Crippen molar-refractivity contribution in [3.8, 4) is 0 Å². The quantitative estimate of drug-likeness (QED) is 0.510. The van der Waals surface area contributed by atoms with E-state index in [4.69, 9.17) is 0 Å². The molecule has 0 spiro atoms. The van der Waals surface area contributed by atoms with Crippen LogP contribution in [-0.2, 0) is 6.54 Å². The summed E-state index contributed by atoms with van der Waals surface area (Å²) in [5.74, 6) is 0. The van der Waals surface area contributed by atoms with Gasteiger partial charge in [-0.1, -0.05) is 0 Å². The highest BCUT2D eigenvalue weighted by atomic mass is 14.9. The van der Waals surface area contributed by atoms with Gasteiger partial charge in [0.2, 0.25) is 0 Å². The van der Waals surface area contributed by atoms with E-state index in [-0.39, 0.29) is 0 Å². The lowest BCUT2D eigenvalue weighted by atomic mass is 10.3. The summed E-state index contributed by atoms with van der Waals surface area (Å²) in [6.07, 6.45) is 5.24. The lowest BCUT2D eigenvalue weighted by Gasteiger charge is -1.97. The molecule has 0 bridgehead atoms. The van der Waals surface area contributed by atoms with Crippen LogP contribution in [0.2, 0.25) is 0 Å². The van der Waals surface area contributed by atoms with E-state index in [1.54, 1.807) is 25.8 Å².